The van der Waals surface area contributed by atoms with Gasteiger partial charge in [-0.05, 0) is 31.9 Å². The van der Waals surface area contributed by atoms with Gasteiger partial charge >= 0.3 is 0 Å². The van der Waals surface area contributed by atoms with Gasteiger partial charge in [-0.2, -0.15) is 0 Å². The van der Waals surface area contributed by atoms with Crippen LogP contribution in [0, 0.1) is 12.8 Å². The molecule has 7 nitrogen and oxygen atoms in total. The molecular formula is C18H20N4O3. The maximum atomic E-state index is 12.4. The van der Waals surface area contributed by atoms with Gasteiger partial charge in [0, 0.05) is 24.6 Å². The van der Waals surface area contributed by atoms with Crippen LogP contribution in [0.25, 0.3) is 0 Å². The number of hydrogen-bond acceptors (Lipinski definition) is 5. The number of carbonyl (C=O) groups excluding carboxylic acids is 2. The third-order valence-corrected chi connectivity index (χ3v) is 4.66. The number of nitrogens with one attached hydrogen (secondary N) is 1. The zero-order chi connectivity index (χ0) is 17.4. The normalized spacial score (nSPS) is 20.1. The van der Waals surface area contributed by atoms with E-state index in [1.165, 1.54) is 0 Å². The van der Waals surface area contributed by atoms with E-state index in [2.05, 4.69) is 15.5 Å². The van der Waals surface area contributed by atoms with Crippen LogP contribution in [0.3, 0.4) is 0 Å². The number of hydrogen-bond donors (Lipinski definition) is 1. The lowest BCUT2D eigenvalue weighted by atomic mass is 10.1. The Balaban J connectivity index is 1.34. The summed E-state index contributed by atoms with van der Waals surface area (Å²) < 4.78 is 5.53. The van der Waals surface area contributed by atoms with Gasteiger partial charge in [-0.1, -0.05) is 17.7 Å². The van der Waals surface area contributed by atoms with E-state index in [-0.39, 0.29) is 30.7 Å². The van der Waals surface area contributed by atoms with Crippen LogP contribution in [0.2, 0.25) is 0 Å². The SMILES string of the molecule is Cc1ccc(N2CC(C(=O)NCc3nnc(C4CC4)o3)CC2=O)cc1. The maximum absolute atomic E-state index is 12.4. The van der Waals surface area contributed by atoms with Gasteiger partial charge in [0.05, 0.1) is 12.5 Å². The summed E-state index contributed by atoms with van der Waals surface area (Å²) in [5.74, 6) is 0.917. The fraction of sp³-hybridized carbons (Fsp3) is 0.444. The van der Waals surface area contributed by atoms with E-state index in [0.29, 0.717) is 24.2 Å². The fourth-order valence-corrected chi connectivity index (χ4v) is 3.00. The lowest BCUT2D eigenvalue weighted by molar-refractivity contribution is -0.126. The zero-order valence-electron chi connectivity index (χ0n) is 14.1. The van der Waals surface area contributed by atoms with Crippen molar-refractivity contribution in [1.82, 2.24) is 15.5 Å². The Bertz CT molecular complexity index is 795. The topological polar surface area (TPSA) is 88.3 Å². The lowest BCUT2D eigenvalue weighted by Gasteiger charge is -2.16. The van der Waals surface area contributed by atoms with E-state index in [9.17, 15) is 9.59 Å². The van der Waals surface area contributed by atoms with Crippen molar-refractivity contribution in [1.29, 1.82) is 0 Å². The van der Waals surface area contributed by atoms with Crippen molar-refractivity contribution in [3.63, 3.8) is 0 Å². The molecule has 0 bridgehead atoms. The summed E-state index contributed by atoms with van der Waals surface area (Å²) in [5.41, 5.74) is 1.96. The number of aryl methyl sites for hydroxylation is 1. The van der Waals surface area contributed by atoms with Gasteiger partial charge in [-0.3, -0.25) is 9.59 Å². The second-order valence-corrected chi connectivity index (χ2v) is 6.77. The Hall–Kier alpha value is -2.70. The van der Waals surface area contributed by atoms with Crippen molar-refractivity contribution < 1.29 is 14.0 Å². The van der Waals surface area contributed by atoms with Crippen LogP contribution in [0.15, 0.2) is 28.7 Å². The predicted octanol–water partition coefficient (Wildman–Crippen LogP) is 1.92. The molecule has 1 unspecified atom stereocenters. The summed E-state index contributed by atoms with van der Waals surface area (Å²) in [6, 6.07) is 7.74. The van der Waals surface area contributed by atoms with Crippen molar-refractivity contribution in [2.45, 2.75) is 38.6 Å². The molecule has 2 aliphatic rings. The van der Waals surface area contributed by atoms with E-state index in [1.54, 1.807) is 4.90 Å². The lowest BCUT2D eigenvalue weighted by Crippen LogP contribution is -2.32. The molecule has 1 aromatic carbocycles. The van der Waals surface area contributed by atoms with Crippen LogP contribution in [0.1, 0.15) is 42.5 Å². The molecule has 1 aliphatic heterocycles. The smallest absolute Gasteiger partial charge is 0.235 e. The third-order valence-electron chi connectivity index (χ3n) is 4.66. The Morgan fingerprint density at radius 1 is 1.28 bits per heavy atom. The van der Waals surface area contributed by atoms with Crippen molar-refractivity contribution in [3.05, 3.63) is 41.6 Å². The monoisotopic (exact) mass is 340 g/mol. The molecule has 2 heterocycles. The fourth-order valence-electron chi connectivity index (χ4n) is 3.00. The Labute approximate surface area is 145 Å². The highest BCUT2D eigenvalue weighted by atomic mass is 16.4. The van der Waals surface area contributed by atoms with Gasteiger partial charge in [0.15, 0.2) is 0 Å². The molecule has 1 saturated heterocycles. The summed E-state index contributed by atoms with van der Waals surface area (Å²) in [6.45, 7) is 2.59. The molecule has 2 aromatic rings. The van der Waals surface area contributed by atoms with Crippen molar-refractivity contribution >= 4 is 17.5 Å². The molecule has 1 saturated carbocycles. The van der Waals surface area contributed by atoms with E-state index in [1.807, 2.05) is 31.2 Å². The average molecular weight is 340 g/mol. The van der Waals surface area contributed by atoms with Crippen LogP contribution in [0.5, 0.6) is 0 Å². The molecule has 0 spiro atoms. The number of nitrogens with zero attached hydrogens (tertiary/aromatic N) is 3. The molecule has 1 N–H and O–H groups in total. The quantitative estimate of drug-likeness (QED) is 0.898. The first-order valence-corrected chi connectivity index (χ1v) is 8.57. The minimum Gasteiger partial charge on any atom is -0.423 e. The van der Waals surface area contributed by atoms with Gasteiger partial charge < -0.3 is 14.6 Å². The van der Waals surface area contributed by atoms with Gasteiger partial charge in [-0.15, -0.1) is 10.2 Å². The minimum absolute atomic E-state index is 0.0298. The molecule has 1 atom stereocenters. The number of rotatable bonds is 5. The zero-order valence-corrected chi connectivity index (χ0v) is 14.1. The summed E-state index contributed by atoms with van der Waals surface area (Å²) in [4.78, 5) is 26.3. The van der Waals surface area contributed by atoms with Crippen LogP contribution >= 0.6 is 0 Å². The molecule has 25 heavy (non-hydrogen) atoms. The molecule has 1 aliphatic carbocycles. The number of amides is 2. The molecule has 2 fully saturated rings. The average Bonchev–Trinajstić information content (AvgIpc) is 3.22. The molecule has 2 amide bonds. The Morgan fingerprint density at radius 2 is 2.04 bits per heavy atom. The Morgan fingerprint density at radius 3 is 2.76 bits per heavy atom. The van der Waals surface area contributed by atoms with Gasteiger partial charge in [0.1, 0.15) is 0 Å². The molecule has 0 radical (unpaired) electrons. The van der Waals surface area contributed by atoms with Crippen LogP contribution in [-0.2, 0) is 16.1 Å². The van der Waals surface area contributed by atoms with Crippen LogP contribution < -0.4 is 10.2 Å². The molecule has 4 rings (SSSR count). The highest BCUT2D eigenvalue weighted by molar-refractivity contribution is 6.00. The van der Waals surface area contributed by atoms with Gasteiger partial charge in [0.2, 0.25) is 23.6 Å². The summed E-state index contributed by atoms with van der Waals surface area (Å²) in [7, 11) is 0. The van der Waals surface area contributed by atoms with Gasteiger partial charge in [-0.25, -0.2) is 0 Å². The summed E-state index contributed by atoms with van der Waals surface area (Å²) >= 11 is 0. The van der Waals surface area contributed by atoms with Crippen molar-refractivity contribution in [2.24, 2.45) is 5.92 Å². The standard InChI is InChI=1S/C18H20N4O3/c1-11-2-6-14(7-3-11)22-10-13(8-16(22)23)17(24)19-9-15-20-21-18(25-15)12-4-5-12/h2-3,6-7,12-13H,4-5,8-10H2,1H3,(H,19,24). The van der Waals surface area contributed by atoms with Crippen LogP contribution in [-0.4, -0.2) is 28.6 Å². The predicted molar refractivity (Wildman–Crippen MR) is 89.8 cm³/mol. The Kier molecular flexibility index (Phi) is 3.99. The first-order valence-electron chi connectivity index (χ1n) is 8.57. The first-order chi connectivity index (χ1) is 12.1. The first kappa shape index (κ1) is 15.8. The third kappa shape index (κ3) is 3.40. The van der Waals surface area contributed by atoms with E-state index >= 15 is 0 Å². The second kappa shape index (κ2) is 6.31. The second-order valence-electron chi connectivity index (χ2n) is 6.77. The summed E-state index contributed by atoms with van der Waals surface area (Å²) in [6.07, 6.45) is 2.40. The van der Waals surface area contributed by atoms with Crippen LogP contribution in [0.4, 0.5) is 5.69 Å². The molecule has 7 heteroatoms. The number of carbonyl (C=O) groups is 2. The van der Waals surface area contributed by atoms with Crippen molar-refractivity contribution in [3.8, 4) is 0 Å². The molecule has 1 aromatic heterocycles. The minimum atomic E-state index is -0.361. The maximum Gasteiger partial charge on any atom is 0.235 e. The molecule has 130 valence electrons. The van der Waals surface area contributed by atoms with Crippen molar-refractivity contribution in [2.75, 3.05) is 11.4 Å². The number of aromatic nitrogens is 2. The van der Waals surface area contributed by atoms with E-state index in [4.69, 9.17) is 4.42 Å². The van der Waals surface area contributed by atoms with E-state index in [0.717, 1.165) is 24.1 Å². The van der Waals surface area contributed by atoms with Gasteiger partial charge in [0.25, 0.3) is 0 Å². The number of benzene rings is 1. The highest BCUT2D eigenvalue weighted by Gasteiger charge is 2.35. The largest absolute Gasteiger partial charge is 0.423 e. The summed E-state index contributed by atoms with van der Waals surface area (Å²) in [5, 5.41) is 10.7. The number of anilines is 1. The molecular weight excluding hydrogens is 320 g/mol. The van der Waals surface area contributed by atoms with E-state index < -0.39 is 0 Å². The highest BCUT2D eigenvalue weighted by Crippen LogP contribution is 2.39.